The number of nitrogens with one attached hydrogen (secondary N) is 1. The molecule has 0 aromatic heterocycles. The van der Waals surface area contributed by atoms with Crippen molar-refractivity contribution in [2.24, 2.45) is 0 Å². The number of rotatable bonds is 10. The summed E-state index contributed by atoms with van der Waals surface area (Å²) in [5, 5.41) is 11.9. The Bertz CT molecular complexity index is 1270. The fourth-order valence-corrected chi connectivity index (χ4v) is 3.22. The van der Waals surface area contributed by atoms with Crippen molar-refractivity contribution in [2.45, 2.75) is 13.5 Å². The van der Waals surface area contributed by atoms with Crippen LogP contribution in [0.15, 0.2) is 66.2 Å². The van der Waals surface area contributed by atoms with Crippen molar-refractivity contribution in [3.8, 4) is 29.1 Å². The molecule has 7 nitrogen and oxygen atoms in total. The Hall–Kier alpha value is -4.51. The van der Waals surface area contributed by atoms with Gasteiger partial charge in [0.25, 0.3) is 5.91 Å². The van der Waals surface area contributed by atoms with Crippen LogP contribution in [0, 0.1) is 17.1 Å². The summed E-state index contributed by atoms with van der Waals surface area (Å²) in [6.07, 6.45) is 1.40. The third-order valence-corrected chi connectivity index (χ3v) is 4.94. The summed E-state index contributed by atoms with van der Waals surface area (Å²) < 4.78 is 36.2. The van der Waals surface area contributed by atoms with Crippen LogP contribution in [-0.4, -0.2) is 26.7 Å². The van der Waals surface area contributed by atoms with Gasteiger partial charge in [-0.1, -0.05) is 18.2 Å². The second-order valence-corrected chi connectivity index (χ2v) is 7.21. The summed E-state index contributed by atoms with van der Waals surface area (Å²) in [6, 6.07) is 18.0. The Labute approximate surface area is 203 Å². The zero-order valence-electron chi connectivity index (χ0n) is 19.6. The maximum atomic E-state index is 13.8. The van der Waals surface area contributed by atoms with E-state index in [2.05, 4.69) is 5.32 Å². The summed E-state index contributed by atoms with van der Waals surface area (Å²) in [4.78, 5) is 12.5. The van der Waals surface area contributed by atoms with Crippen molar-refractivity contribution in [3.05, 3.63) is 83.2 Å². The highest BCUT2D eigenvalue weighted by Crippen LogP contribution is 2.32. The van der Waals surface area contributed by atoms with Gasteiger partial charge in [-0.3, -0.25) is 4.79 Å². The molecule has 0 unspecified atom stereocenters. The van der Waals surface area contributed by atoms with Gasteiger partial charge in [0.1, 0.15) is 35.6 Å². The first-order valence-electron chi connectivity index (χ1n) is 10.8. The molecule has 1 amide bonds. The number of ether oxygens (including phenoxy) is 4. The lowest BCUT2D eigenvalue weighted by Crippen LogP contribution is -2.14. The topological polar surface area (TPSA) is 89.8 Å². The molecule has 1 N–H and O–H groups in total. The molecule has 0 spiro atoms. The van der Waals surface area contributed by atoms with Gasteiger partial charge in [-0.25, -0.2) is 4.39 Å². The van der Waals surface area contributed by atoms with E-state index in [0.717, 1.165) is 5.56 Å². The average molecular weight is 477 g/mol. The van der Waals surface area contributed by atoms with Gasteiger partial charge >= 0.3 is 0 Å². The van der Waals surface area contributed by atoms with Crippen LogP contribution in [0.5, 0.6) is 23.0 Å². The second kappa shape index (κ2) is 12.1. The zero-order chi connectivity index (χ0) is 25.2. The van der Waals surface area contributed by atoms with Crippen molar-refractivity contribution >= 4 is 17.7 Å². The van der Waals surface area contributed by atoms with Gasteiger partial charge in [0, 0.05) is 5.56 Å². The number of para-hydroxylation sites is 1. The number of nitriles is 1. The van der Waals surface area contributed by atoms with E-state index >= 15 is 0 Å². The minimum absolute atomic E-state index is 0.00891. The van der Waals surface area contributed by atoms with Crippen LogP contribution in [-0.2, 0) is 11.4 Å². The molecule has 0 aliphatic carbocycles. The molecule has 3 aromatic carbocycles. The monoisotopic (exact) mass is 476 g/mol. The summed E-state index contributed by atoms with van der Waals surface area (Å²) in [5.74, 6) is 0.931. The Morgan fingerprint density at radius 2 is 1.77 bits per heavy atom. The fourth-order valence-electron chi connectivity index (χ4n) is 3.22. The van der Waals surface area contributed by atoms with Crippen LogP contribution in [0.25, 0.3) is 6.08 Å². The second-order valence-electron chi connectivity index (χ2n) is 7.21. The van der Waals surface area contributed by atoms with Crippen LogP contribution in [0.1, 0.15) is 18.1 Å². The van der Waals surface area contributed by atoms with E-state index in [1.165, 1.54) is 24.3 Å². The van der Waals surface area contributed by atoms with Gasteiger partial charge in [0.05, 0.1) is 26.5 Å². The van der Waals surface area contributed by atoms with Crippen LogP contribution >= 0.6 is 0 Å². The van der Waals surface area contributed by atoms with Gasteiger partial charge in [0.15, 0.2) is 11.5 Å². The first kappa shape index (κ1) is 25.1. The average Bonchev–Trinajstić information content (AvgIpc) is 2.88. The fraction of sp³-hybridized carbons (Fsp3) is 0.185. The number of hydrogen-bond acceptors (Lipinski definition) is 6. The zero-order valence-corrected chi connectivity index (χ0v) is 19.6. The van der Waals surface area contributed by atoms with Crippen molar-refractivity contribution in [3.63, 3.8) is 0 Å². The van der Waals surface area contributed by atoms with Crippen molar-refractivity contribution < 1.29 is 28.1 Å². The van der Waals surface area contributed by atoms with E-state index in [9.17, 15) is 14.4 Å². The number of halogens is 1. The summed E-state index contributed by atoms with van der Waals surface area (Å²) >= 11 is 0. The maximum Gasteiger partial charge on any atom is 0.266 e. The molecule has 0 fully saturated rings. The highest BCUT2D eigenvalue weighted by molar-refractivity contribution is 6.09. The lowest BCUT2D eigenvalue weighted by Gasteiger charge is -2.15. The molecule has 3 rings (SSSR count). The molecule has 0 bridgehead atoms. The normalized spacial score (nSPS) is 10.8. The third-order valence-electron chi connectivity index (χ3n) is 4.94. The number of anilines is 1. The van der Waals surface area contributed by atoms with E-state index in [1.807, 2.05) is 19.1 Å². The lowest BCUT2D eigenvalue weighted by atomic mass is 10.1. The van der Waals surface area contributed by atoms with Gasteiger partial charge < -0.3 is 24.3 Å². The van der Waals surface area contributed by atoms with E-state index in [-0.39, 0.29) is 17.9 Å². The summed E-state index contributed by atoms with van der Waals surface area (Å²) in [7, 11) is 3.16. The first-order valence-corrected chi connectivity index (χ1v) is 10.8. The molecule has 0 saturated carbocycles. The molecule has 0 aliphatic heterocycles. The van der Waals surface area contributed by atoms with E-state index in [0.29, 0.717) is 35.2 Å². The molecule has 0 heterocycles. The highest BCUT2D eigenvalue weighted by Gasteiger charge is 2.14. The Morgan fingerprint density at radius 1 is 1.00 bits per heavy atom. The number of nitrogens with zero attached hydrogens (tertiary/aromatic N) is 1. The largest absolute Gasteiger partial charge is 0.497 e. The van der Waals surface area contributed by atoms with Crippen molar-refractivity contribution in [1.82, 2.24) is 0 Å². The van der Waals surface area contributed by atoms with Gasteiger partial charge in [-0.05, 0) is 61.0 Å². The SMILES string of the molecule is CCOc1cc(/C=C(\C#N)C(=O)Nc2ccccc2F)ccc1OCc1cc(OC)ccc1OC. The molecule has 0 radical (unpaired) electrons. The number of hydrogen-bond donors (Lipinski definition) is 1. The maximum absolute atomic E-state index is 13.8. The molecular formula is C27H25FN2O5. The van der Waals surface area contributed by atoms with E-state index < -0.39 is 11.7 Å². The predicted molar refractivity (Wildman–Crippen MR) is 130 cm³/mol. The summed E-state index contributed by atoms with van der Waals surface area (Å²) in [6.45, 7) is 2.41. The van der Waals surface area contributed by atoms with Crippen molar-refractivity contribution in [1.29, 1.82) is 5.26 Å². The van der Waals surface area contributed by atoms with Crippen LogP contribution in [0.2, 0.25) is 0 Å². The molecule has 0 saturated heterocycles. The van der Waals surface area contributed by atoms with Gasteiger partial charge in [0.2, 0.25) is 0 Å². The molecular weight excluding hydrogens is 451 g/mol. The molecule has 180 valence electrons. The number of methoxy groups -OCH3 is 2. The molecule has 0 aliphatic rings. The number of amides is 1. The molecule has 0 atom stereocenters. The quantitative estimate of drug-likeness (QED) is 0.313. The Kier molecular flexibility index (Phi) is 8.68. The Morgan fingerprint density at radius 3 is 2.46 bits per heavy atom. The van der Waals surface area contributed by atoms with Crippen LogP contribution in [0.4, 0.5) is 10.1 Å². The number of carbonyl (C=O) groups excluding carboxylic acids is 1. The first-order chi connectivity index (χ1) is 17.0. The van der Waals surface area contributed by atoms with E-state index in [4.69, 9.17) is 18.9 Å². The smallest absolute Gasteiger partial charge is 0.266 e. The predicted octanol–water partition coefficient (Wildman–Crippen LogP) is 5.37. The number of benzene rings is 3. The molecule has 35 heavy (non-hydrogen) atoms. The molecule has 3 aromatic rings. The Balaban J connectivity index is 1.82. The minimum atomic E-state index is -0.721. The van der Waals surface area contributed by atoms with Gasteiger partial charge in [-0.15, -0.1) is 0 Å². The van der Waals surface area contributed by atoms with E-state index in [1.54, 1.807) is 50.6 Å². The minimum Gasteiger partial charge on any atom is -0.497 e. The molecule has 8 heteroatoms. The standard InChI is InChI=1S/C27H25FN2O5/c1-4-34-26-14-18(13-19(16-29)27(31)30-23-8-6-5-7-22(23)28)9-11-25(26)35-17-20-15-21(32-2)10-12-24(20)33-3/h5-15H,4,17H2,1-3H3,(H,30,31)/b19-13+. The van der Waals surface area contributed by atoms with Crippen LogP contribution < -0.4 is 24.3 Å². The highest BCUT2D eigenvalue weighted by atomic mass is 19.1. The number of carbonyl (C=O) groups is 1. The van der Waals surface area contributed by atoms with Crippen molar-refractivity contribution in [2.75, 3.05) is 26.1 Å². The van der Waals surface area contributed by atoms with Gasteiger partial charge in [-0.2, -0.15) is 5.26 Å². The third kappa shape index (κ3) is 6.51. The summed E-state index contributed by atoms with van der Waals surface area (Å²) in [5.41, 5.74) is 1.13. The lowest BCUT2D eigenvalue weighted by molar-refractivity contribution is -0.112. The van der Waals surface area contributed by atoms with Crippen LogP contribution in [0.3, 0.4) is 0 Å².